The number of rotatable bonds is 6. The molecule has 0 radical (unpaired) electrons. The van der Waals surface area contributed by atoms with Crippen LogP contribution in [0.1, 0.15) is 27.3 Å². The SMILES string of the molecule is Cc1ccc2cc(C(=O)NC[C@@H](CO)Cc3ccccn3)c(C)nc2c1. The van der Waals surface area contributed by atoms with Crippen LogP contribution in [-0.2, 0) is 6.42 Å². The second-order valence-corrected chi connectivity index (χ2v) is 6.60. The summed E-state index contributed by atoms with van der Waals surface area (Å²) < 4.78 is 0. The second kappa shape index (κ2) is 8.06. The number of aromatic nitrogens is 2. The van der Waals surface area contributed by atoms with Crippen molar-refractivity contribution in [3.8, 4) is 0 Å². The maximum atomic E-state index is 12.6. The number of carbonyl (C=O) groups is 1. The van der Waals surface area contributed by atoms with Crippen molar-refractivity contribution >= 4 is 16.8 Å². The molecule has 5 heteroatoms. The van der Waals surface area contributed by atoms with E-state index in [1.54, 1.807) is 6.20 Å². The van der Waals surface area contributed by atoms with E-state index in [-0.39, 0.29) is 18.4 Å². The molecule has 2 heterocycles. The van der Waals surface area contributed by atoms with Gasteiger partial charge in [0.1, 0.15) is 0 Å². The van der Waals surface area contributed by atoms with Crippen molar-refractivity contribution in [2.45, 2.75) is 20.3 Å². The van der Waals surface area contributed by atoms with Gasteiger partial charge in [-0.05, 0) is 50.1 Å². The summed E-state index contributed by atoms with van der Waals surface area (Å²) >= 11 is 0. The average molecular weight is 349 g/mol. The van der Waals surface area contributed by atoms with Crippen LogP contribution in [-0.4, -0.2) is 34.1 Å². The van der Waals surface area contributed by atoms with E-state index in [1.807, 2.05) is 56.3 Å². The molecule has 5 nitrogen and oxygen atoms in total. The number of aliphatic hydroxyl groups is 1. The van der Waals surface area contributed by atoms with Gasteiger partial charge in [0.15, 0.2) is 0 Å². The largest absolute Gasteiger partial charge is 0.396 e. The number of pyridine rings is 2. The topological polar surface area (TPSA) is 75.1 Å². The lowest BCUT2D eigenvalue weighted by molar-refractivity contribution is 0.0939. The quantitative estimate of drug-likeness (QED) is 0.717. The first-order valence-electron chi connectivity index (χ1n) is 8.74. The molecule has 3 aromatic rings. The first kappa shape index (κ1) is 18.0. The summed E-state index contributed by atoms with van der Waals surface area (Å²) in [6, 6.07) is 13.6. The van der Waals surface area contributed by atoms with Gasteiger partial charge in [0.05, 0.1) is 16.8 Å². The Morgan fingerprint density at radius 2 is 2.04 bits per heavy atom. The fourth-order valence-corrected chi connectivity index (χ4v) is 2.95. The molecule has 2 aromatic heterocycles. The normalized spacial score (nSPS) is 12.1. The standard InChI is InChI=1S/C21H23N3O2/c1-14-6-7-17-11-19(15(2)24-20(17)9-14)21(26)23-12-16(13-25)10-18-5-3-4-8-22-18/h3-9,11,16,25H,10,12-13H2,1-2H3,(H,23,26)/t16-/m0/s1. The van der Waals surface area contributed by atoms with Crippen LogP contribution < -0.4 is 5.32 Å². The third-order valence-electron chi connectivity index (χ3n) is 4.44. The molecular weight excluding hydrogens is 326 g/mol. The van der Waals surface area contributed by atoms with Gasteiger partial charge in [0.2, 0.25) is 0 Å². The zero-order chi connectivity index (χ0) is 18.5. The Balaban J connectivity index is 1.70. The zero-order valence-electron chi connectivity index (χ0n) is 15.1. The van der Waals surface area contributed by atoms with Crippen LogP contribution in [0.25, 0.3) is 10.9 Å². The van der Waals surface area contributed by atoms with Gasteiger partial charge in [-0.2, -0.15) is 0 Å². The molecule has 0 saturated heterocycles. The highest BCUT2D eigenvalue weighted by Gasteiger charge is 2.15. The van der Waals surface area contributed by atoms with Crippen LogP contribution in [0.5, 0.6) is 0 Å². The van der Waals surface area contributed by atoms with E-state index in [2.05, 4.69) is 15.3 Å². The molecule has 0 spiro atoms. The van der Waals surface area contributed by atoms with Gasteiger partial charge in [-0.3, -0.25) is 14.8 Å². The number of fused-ring (bicyclic) bond motifs is 1. The summed E-state index contributed by atoms with van der Waals surface area (Å²) in [5, 5.41) is 13.5. The van der Waals surface area contributed by atoms with Crippen molar-refractivity contribution < 1.29 is 9.90 Å². The van der Waals surface area contributed by atoms with Gasteiger partial charge in [-0.1, -0.05) is 18.2 Å². The van der Waals surface area contributed by atoms with Crippen molar-refractivity contribution in [2.75, 3.05) is 13.2 Å². The van der Waals surface area contributed by atoms with Gasteiger partial charge in [0, 0.05) is 36.3 Å². The minimum absolute atomic E-state index is 0.00885. The summed E-state index contributed by atoms with van der Waals surface area (Å²) in [6.07, 6.45) is 2.35. The maximum absolute atomic E-state index is 12.6. The minimum Gasteiger partial charge on any atom is -0.396 e. The smallest absolute Gasteiger partial charge is 0.253 e. The fraction of sp³-hybridized carbons (Fsp3) is 0.286. The lowest BCUT2D eigenvalue weighted by Crippen LogP contribution is -2.32. The first-order chi connectivity index (χ1) is 12.6. The van der Waals surface area contributed by atoms with Crippen molar-refractivity contribution in [1.82, 2.24) is 15.3 Å². The Bertz CT molecular complexity index is 910. The number of hydrogen-bond acceptors (Lipinski definition) is 4. The maximum Gasteiger partial charge on any atom is 0.253 e. The molecule has 1 amide bonds. The Kier molecular flexibility index (Phi) is 5.58. The molecule has 134 valence electrons. The Hall–Kier alpha value is -2.79. The van der Waals surface area contributed by atoms with E-state index in [0.29, 0.717) is 24.2 Å². The number of aryl methyl sites for hydroxylation is 2. The molecule has 0 aliphatic rings. The van der Waals surface area contributed by atoms with E-state index in [9.17, 15) is 9.90 Å². The monoisotopic (exact) mass is 349 g/mol. The van der Waals surface area contributed by atoms with Crippen molar-refractivity contribution in [3.05, 3.63) is 71.2 Å². The highest BCUT2D eigenvalue weighted by atomic mass is 16.3. The van der Waals surface area contributed by atoms with E-state index >= 15 is 0 Å². The lowest BCUT2D eigenvalue weighted by Gasteiger charge is -2.15. The number of carbonyl (C=O) groups excluding carboxylic acids is 1. The van der Waals surface area contributed by atoms with Crippen LogP contribution in [0.2, 0.25) is 0 Å². The van der Waals surface area contributed by atoms with E-state index in [0.717, 1.165) is 22.2 Å². The van der Waals surface area contributed by atoms with Crippen molar-refractivity contribution in [2.24, 2.45) is 5.92 Å². The zero-order valence-corrected chi connectivity index (χ0v) is 15.1. The number of amides is 1. The third-order valence-corrected chi connectivity index (χ3v) is 4.44. The van der Waals surface area contributed by atoms with Crippen LogP contribution >= 0.6 is 0 Å². The molecule has 26 heavy (non-hydrogen) atoms. The Morgan fingerprint density at radius 3 is 2.77 bits per heavy atom. The molecule has 1 aromatic carbocycles. The van der Waals surface area contributed by atoms with Gasteiger partial charge in [0.25, 0.3) is 5.91 Å². The molecular formula is C21H23N3O2. The summed E-state index contributed by atoms with van der Waals surface area (Å²) in [6.45, 7) is 4.24. The highest BCUT2D eigenvalue weighted by Crippen LogP contribution is 2.18. The van der Waals surface area contributed by atoms with E-state index in [4.69, 9.17) is 0 Å². The number of hydrogen-bond donors (Lipinski definition) is 2. The van der Waals surface area contributed by atoms with Crippen LogP contribution in [0.15, 0.2) is 48.7 Å². The third kappa shape index (κ3) is 4.24. The molecule has 0 bridgehead atoms. The molecule has 2 N–H and O–H groups in total. The Morgan fingerprint density at radius 1 is 1.19 bits per heavy atom. The van der Waals surface area contributed by atoms with Gasteiger partial charge >= 0.3 is 0 Å². The van der Waals surface area contributed by atoms with Gasteiger partial charge < -0.3 is 10.4 Å². The first-order valence-corrected chi connectivity index (χ1v) is 8.74. The highest BCUT2D eigenvalue weighted by molar-refractivity contribution is 5.98. The molecule has 3 rings (SSSR count). The van der Waals surface area contributed by atoms with Crippen LogP contribution in [0.3, 0.4) is 0 Å². The summed E-state index contributed by atoms with van der Waals surface area (Å²) in [5.74, 6) is -0.248. The number of nitrogens with one attached hydrogen (secondary N) is 1. The molecule has 0 aliphatic heterocycles. The average Bonchev–Trinajstić information content (AvgIpc) is 2.65. The van der Waals surface area contributed by atoms with Crippen molar-refractivity contribution in [3.63, 3.8) is 0 Å². The second-order valence-electron chi connectivity index (χ2n) is 6.60. The molecule has 0 saturated carbocycles. The Labute approximate surface area is 153 Å². The van der Waals surface area contributed by atoms with E-state index < -0.39 is 0 Å². The number of aliphatic hydroxyl groups excluding tert-OH is 1. The summed E-state index contributed by atoms with van der Waals surface area (Å²) in [7, 11) is 0. The van der Waals surface area contributed by atoms with Gasteiger partial charge in [-0.25, -0.2) is 0 Å². The number of benzene rings is 1. The molecule has 0 aliphatic carbocycles. The van der Waals surface area contributed by atoms with Crippen LogP contribution in [0.4, 0.5) is 0 Å². The predicted octanol–water partition coefficient (Wildman–Crippen LogP) is 2.83. The minimum atomic E-state index is -0.169. The van der Waals surface area contributed by atoms with E-state index in [1.165, 1.54) is 0 Å². The fourth-order valence-electron chi connectivity index (χ4n) is 2.95. The summed E-state index contributed by atoms with van der Waals surface area (Å²) in [5.41, 5.74) is 4.20. The molecule has 0 unspecified atom stereocenters. The summed E-state index contributed by atoms with van der Waals surface area (Å²) in [4.78, 5) is 21.4. The van der Waals surface area contributed by atoms with Crippen LogP contribution in [0, 0.1) is 19.8 Å². The number of nitrogens with zero attached hydrogens (tertiary/aromatic N) is 2. The van der Waals surface area contributed by atoms with Crippen molar-refractivity contribution in [1.29, 1.82) is 0 Å². The van der Waals surface area contributed by atoms with Gasteiger partial charge in [-0.15, -0.1) is 0 Å². The lowest BCUT2D eigenvalue weighted by atomic mass is 10.0. The molecule has 0 fully saturated rings. The molecule has 1 atom stereocenters. The predicted molar refractivity (Wildman–Crippen MR) is 102 cm³/mol.